The Kier molecular flexibility index (Phi) is 7.55. The molecule has 0 spiro atoms. The number of benzene rings is 2. The highest BCUT2D eigenvalue weighted by Crippen LogP contribution is 2.20. The van der Waals surface area contributed by atoms with Gasteiger partial charge in [-0.25, -0.2) is 18.1 Å². The summed E-state index contributed by atoms with van der Waals surface area (Å²) in [5, 5.41) is 5.64. The van der Waals surface area contributed by atoms with Crippen LogP contribution in [0.3, 0.4) is 0 Å². The van der Waals surface area contributed by atoms with Crippen molar-refractivity contribution in [2.24, 2.45) is 0 Å². The van der Waals surface area contributed by atoms with Gasteiger partial charge in [0.1, 0.15) is 23.1 Å². The van der Waals surface area contributed by atoms with Gasteiger partial charge in [0, 0.05) is 22.5 Å². The van der Waals surface area contributed by atoms with E-state index in [1.165, 1.54) is 17.4 Å². The van der Waals surface area contributed by atoms with Crippen LogP contribution in [-0.4, -0.2) is 24.8 Å². The molecule has 1 aromatic heterocycles. The predicted molar refractivity (Wildman–Crippen MR) is 126 cm³/mol. The minimum absolute atomic E-state index is 0.0498. The molecular formula is C22H24ClN3O4S2. The summed E-state index contributed by atoms with van der Waals surface area (Å²) in [7, 11) is -3.73. The predicted octanol–water partition coefficient (Wildman–Crippen LogP) is 4.38. The normalized spacial score (nSPS) is 11.9. The summed E-state index contributed by atoms with van der Waals surface area (Å²) in [5.41, 5.74) is 0.109. The van der Waals surface area contributed by atoms with Crippen molar-refractivity contribution >= 4 is 38.9 Å². The Balaban J connectivity index is 1.63. The Morgan fingerprint density at radius 1 is 1.12 bits per heavy atom. The number of nitrogens with one attached hydrogen (secondary N) is 2. The smallest absolute Gasteiger partial charge is 0.271 e. The molecule has 0 bridgehead atoms. The molecule has 1 heterocycles. The summed E-state index contributed by atoms with van der Waals surface area (Å²) >= 11 is 7.16. The molecule has 0 unspecified atom stereocenters. The van der Waals surface area contributed by atoms with Crippen LogP contribution in [-0.2, 0) is 23.2 Å². The van der Waals surface area contributed by atoms with Gasteiger partial charge in [-0.05, 0) is 56.7 Å². The molecule has 1 amide bonds. The Labute approximate surface area is 196 Å². The van der Waals surface area contributed by atoms with E-state index in [-0.39, 0.29) is 23.7 Å². The highest BCUT2D eigenvalue weighted by atomic mass is 35.5. The van der Waals surface area contributed by atoms with Gasteiger partial charge in [-0.1, -0.05) is 29.8 Å². The molecule has 0 saturated heterocycles. The lowest BCUT2D eigenvalue weighted by Crippen LogP contribution is -2.41. The average Bonchev–Trinajstić information content (AvgIpc) is 3.19. The van der Waals surface area contributed by atoms with Crippen molar-refractivity contribution in [1.82, 2.24) is 15.0 Å². The minimum Gasteiger partial charge on any atom is -0.486 e. The molecule has 170 valence electrons. The first kappa shape index (κ1) is 24.2. The van der Waals surface area contributed by atoms with Gasteiger partial charge in [-0.15, -0.1) is 11.3 Å². The lowest BCUT2D eigenvalue weighted by atomic mass is 10.1. The first-order valence-corrected chi connectivity index (χ1v) is 12.5. The molecule has 7 nitrogen and oxygen atoms in total. The van der Waals surface area contributed by atoms with Gasteiger partial charge in [0.2, 0.25) is 10.0 Å². The fraction of sp³-hybridized carbons (Fsp3) is 0.273. The number of amides is 1. The molecule has 3 aromatic rings. The molecule has 0 fully saturated rings. The maximum atomic E-state index is 12.7. The van der Waals surface area contributed by atoms with Crippen LogP contribution < -0.4 is 14.8 Å². The maximum absolute atomic E-state index is 12.7. The van der Waals surface area contributed by atoms with E-state index in [2.05, 4.69) is 15.0 Å². The van der Waals surface area contributed by atoms with Crippen molar-refractivity contribution in [3.05, 3.63) is 75.2 Å². The molecule has 10 heteroatoms. The van der Waals surface area contributed by atoms with Crippen LogP contribution in [0.2, 0.25) is 5.02 Å². The van der Waals surface area contributed by atoms with Crippen LogP contribution in [0.1, 0.15) is 41.8 Å². The van der Waals surface area contributed by atoms with Crippen molar-refractivity contribution in [3.63, 3.8) is 0 Å². The molecule has 0 aliphatic rings. The van der Waals surface area contributed by atoms with Crippen molar-refractivity contribution in [1.29, 1.82) is 0 Å². The summed E-state index contributed by atoms with van der Waals surface area (Å²) in [6, 6.07) is 13.5. The lowest BCUT2D eigenvalue weighted by Gasteiger charge is -2.21. The summed E-state index contributed by atoms with van der Waals surface area (Å²) in [4.78, 5) is 17.0. The van der Waals surface area contributed by atoms with Gasteiger partial charge in [0.15, 0.2) is 0 Å². The third kappa shape index (κ3) is 6.77. The molecule has 0 aliphatic heterocycles. The number of nitrogens with zero attached hydrogens (tertiary/aromatic N) is 1. The summed E-state index contributed by atoms with van der Waals surface area (Å²) in [6.07, 6.45) is 0. The van der Waals surface area contributed by atoms with Crippen molar-refractivity contribution in [2.45, 2.75) is 44.4 Å². The second kappa shape index (κ2) is 9.99. The third-order valence-corrected chi connectivity index (χ3v) is 7.04. The number of aromatic nitrogens is 1. The quantitative estimate of drug-likeness (QED) is 0.485. The average molecular weight is 494 g/mol. The van der Waals surface area contributed by atoms with Crippen molar-refractivity contribution < 1.29 is 17.9 Å². The molecular weight excluding hydrogens is 470 g/mol. The standard InChI is InChI=1S/C22H24ClN3O4S2/c1-22(2,3)26-32(28,29)19-7-5-4-6-15(19)12-24-21(27)18-14-31-20(25-18)13-30-17-10-8-16(23)9-11-17/h4-11,14,26H,12-13H2,1-3H3,(H,24,27). The Morgan fingerprint density at radius 3 is 2.50 bits per heavy atom. The molecule has 0 aliphatic carbocycles. The number of hydrogen-bond donors (Lipinski definition) is 2. The van der Waals surface area contributed by atoms with E-state index >= 15 is 0 Å². The van der Waals surface area contributed by atoms with E-state index in [0.29, 0.717) is 21.3 Å². The number of sulfonamides is 1. The van der Waals surface area contributed by atoms with Crippen LogP contribution >= 0.6 is 22.9 Å². The van der Waals surface area contributed by atoms with Gasteiger partial charge in [0.05, 0.1) is 4.90 Å². The molecule has 2 aromatic carbocycles. The Hall–Kier alpha value is -2.46. The van der Waals surface area contributed by atoms with Gasteiger partial charge >= 0.3 is 0 Å². The van der Waals surface area contributed by atoms with Gasteiger partial charge in [0.25, 0.3) is 5.91 Å². The van der Waals surface area contributed by atoms with E-state index < -0.39 is 21.5 Å². The van der Waals surface area contributed by atoms with Crippen molar-refractivity contribution in [3.8, 4) is 5.75 Å². The van der Waals surface area contributed by atoms with E-state index in [1.807, 2.05) is 0 Å². The highest BCUT2D eigenvalue weighted by Gasteiger charge is 2.24. The number of carbonyl (C=O) groups excluding carboxylic acids is 1. The van der Waals surface area contributed by atoms with Crippen LogP contribution in [0.25, 0.3) is 0 Å². The summed E-state index contributed by atoms with van der Waals surface area (Å²) in [6.45, 7) is 5.58. The van der Waals surface area contributed by atoms with E-state index in [4.69, 9.17) is 16.3 Å². The first-order chi connectivity index (χ1) is 15.0. The minimum atomic E-state index is -3.73. The first-order valence-electron chi connectivity index (χ1n) is 9.76. The lowest BCUT2D eigenvalue weighted by molar-refractivity contribution is 0.0946. The number of hydrogen-bond acceptors (Lipinski definition) is 6. The molecule has 0 radical (unpaired) electrons. The summed E-state index contributed by atoms with van der Waals surface area (Å²) < 4.78 is 33.8. The number of rotatable bonds is 8. The van der Waals surface area contributed by atoms with Gasteiger partial charge in [-0.2, -0.15) is 0 Å². The van der Waals surface area contributed by atoms with Crippen LogP contribution in [0.5, 0.6) is 5.75 Å². The molecule has 32 heavy (non-hydrogen) atoms. The Bertz CT molecular complexity index is 1190. The van der Waals surface area contributed by atoms with Crippen LogP contribution in [0.4, 0.5) is 0 Å². The SMILES string of the molecule is CC(C)(C)NS(=O)(=O)c1ccccc1CNC(=O)c1csc(COc2ccc(Cl)cc2)n1. The molecule has 3 rings (SSSR count). The Morgan fingerprint density at radius 2 is 1.81 bits per heavy atom. The zero-order valence-electron chi connectivity index (χ0n) is 17.9. The van der Waals surface area contributed by atoms with E-state index in [1.54, 1.807) is 68.6 Å². The second-order valence-corrected chi connectivity index (χ2v) is 11.0. The number of ether oxygens (including phenoxy) is 1. The molecule has 0 saturated carbocycles. The van der Waals surface area contributed by atoms with Gasteiger partial charge in [-0.3, -0.25) is 4.79 Å². The fourth-order valence-corrected chi connectivity index (χ4v) is 5.26. The fourth-order valence-electron chi connectivity index (χ4n) is 2.79. The summed E-state index contributed by atoms with van der Waals surface area (Å²) in [5.74, 6) is 0.257. The van der Waals surface area contributed by atoms with E-state index in [0.717, 1.165) is 0 Å². The second-order valence-electron chi connectivity index (χ2n) is 8.01. The zero-order valence-corrected chi connectivity index (χ0v) is 20.3. The monoisotopic (exact) mass is 493 g/mol. The number of halogens is 1. The largest absolute Gasteiger partial charge is 0.486 e. The van der Waals surface area contributed by atoms with Crippen LogP contribution in [0.15, 0.2) is 58.8 Å². The topological polar surface area (TPSA) is 97.4 Å². The third-order valence-electron chi connectivity index (χ3n) is 4.10. The van der Waals surface area contributed by atoms with Gasteiger partial charge < -0.3 is 10.1 Å². The number of carbonyl (C=O) groups is 1. The molecule has 0 atom stereocenters. The number of thiazole rings is 1. The highest BCUT2D eigenvalue weighted by molar-refractivity contribution is 7.89. The zero-order chi connectivity index (χ0) is 23.4. The van der Waals surface area contributed by atoms with E-state index in [9.17, 15) is 13.2 Å². The molecule has 2 N–H and O–H groups in total. The maximum Gasteiger partial charge on any atom is 0.271 e. The van der Waals surface area contributed by atoms with Crippen molar-refractivity contribution in [2.75, 3.05) is 0 Å². The van der Waals surface area contributed by atoms with Crippen LogP contribution in [0, 0.1) is 0 Å².